The van der Waals surface area contributed by atoms with Crippen LogP contribution in [0.5, 0.6) is 5.75 Å². The molecule has 5 nitrogen and oxygen atoms in total. The Bertz CT molecular complexity index is 602. The van der Waals surface area contributed by atoms with E-state index in [1.807, 2.05) is 0 Å². The van der Waals surface area contributed by atoms with Gasteiger partial charge in [0.05, 0.1) is 17.4 Å². The molecule has 1 aliphatic heterocycles. The summed E-state index contributed by atoms with van der Waals surface area (Å²) in [6, 6.07) is 4.01. The fourth-order valence-corrected chi connectivity index (χ4v) is 3.76. The van der Waals surface area contributed by atoms with Gasteiger partial charge >= 0.3 is 0 Å². The van der Waals surface area contributed by atoms with Gasteiger partial charge in [-0.25, -0.2) is 17.9 Å². The molecule has 0 saturated carbocycles. The number of sulfonamides is 1. The van der Waals surface area contributed by atoms with Crippen molar-refractivity contribution in [3.8, 4) is 5.75 Å². The van der Waals surface area contributed by atoms with Gasteiger partial charge in [0.25, 0.3) is 0 Å². The Labute approximate surface area is 128 Å². The molecule has 0 aliphatic carbocycles. The Kier molecular flexibility index (Phi) is 5.08. The van der Waals surface area contributed by atoms with Gasteiger partial charge in [-0.1, -0.05) is 11.6 Å². The summed E-state index contributed by atoms with van der Waals surface area (Å²) < 4.78 is 46.8. The molecule has 2 N–H and O–H groups in total. The van der Waals surface area contributed by atoms with Gasteiger partial charge in [-0.05, 0) is 25.0 Å². The zero-order valence-electron chi connectivity index (χ0n) is 11.3. The quantitative estimate of drug-likeness (QED) is 0.890. The second kappa shape index (κ2) is 6.48. The first-order valence-corrected chi connectivity index (χ1v) is 8.55. The van der Waals surface area contributed by atoms with Crippen molar-refractivity contribution >= 4 is 21.6 Å². The van der Waals surface area contributed by atoms with Crippen molar-refractivity contribution < 1.29 is 22.3 Å². The average Bonchev–Trinajstić information content (AvgIpc) is 2.39. The summed E-state index contributed by atoms with van der Waals surface area (Å²) in [6.07, 6.45) is 1.08. The van der Waals surface area contributed by atoms with E-state index < -0.39 is 21.3 Å². The number of benzene rings is 1. The average molecular weight is 338 g/mol. The van der Waals surface area contributed by atoms with Gasteiger partial charge in [-0.3, -0.25) is 0 Å². The summed E-state index contributed by atoms with van der Waals surface area (Å²) in [5.74, 6) is -0.311. The molecule has 1 aliphatic rings. The van der Waals surface area contributed by atoms with Gasteiger partial charge in [0, 0.05) is 24.7 Å². The number of hydrogen-bond acceptors (Lipinski definition) is 4. The highest BCUT2D eigenvalue weighted by atomic mass is 35.5. The van der Waals surface area contributed by atoms with Crippen LogP contribution < -0.4 is 9.88 Å². The molecule has 1 aromatic rings. The third-order valence-electron chi connectivity index (χ3n) is 3.50. The Morgan fingerprint density at radius 1 is 1.38 bits per heavy atom. The van der Waals surface area contributed by atoms with Crippen molar-refractivity contribution in [1.29, 1.82) is 0 Å². The van der Waals surface area contributed by atoms with Crippen LogP contribution in [0.2, 0.25) is 5.02 Å². The Balaban J connectivity index is 2.10. The van der Waals surface area contributed by atoms with Crippen LogP contribution >= 0.6 is 11.6 Å². The van der Waals surface area contributed by atoms with E-state index in [-0.39, 0.29) is 17.4 Å². The molecule has 0 atom stereocenters. The molecule has 0 unspecified atom stereocenters. The van der Waals surface area contributed by atoms with Gasteiger partial charge in [-0.2, -0.15) is 0 Å². The van der Waals surface area contributed by atoms with Crippen LogP contribution in [0, 0.1) is 11.2 Å². The van der Waals surface area contributed by atoms with Crippen molar-refractivity contribution in [3.63, 3.8) is 0 Å². The molecule has 8 heteroatoms. The largest absolute Gasteiger partial charge is 0.493 e. The van der Waals surface area contributed by atoms with Crippen molar-refractivity contribution in [2.75, 3.05) is 25.6 Å². The monoisotopic (exact) mass is 337 g/mol. The van der Waals surface area contributed by atoms with E-state index in [0.717, 1.165) is 0 Å². The molecule has 1 aromatic carbocycles. The number of halogens is 2. The Morgan fingerprint density at radius 3 is 2.62 bits per heavy atom. The van der Waals surface area contributed by atoms with E-state index in [4.69, 9.17) is 26.2 Å². The Hall–Kier alpha value is -0.890. The predicted octanol–water partition coefficient (Wildman–Crippen LogP) is 1.94. The van der Waals surface area contributed by atoms with Crippen LogP contribution in [0.25, 0.3) is 0 Å². The number of primary sulfonamides is 1. The first kappa shape index (κ1) is 16.5. The lowest BCUT2D eigenvalue weighted by Gasteiger charge is -2.36. The molecule has 1 fully saturated rings. The lowest BCUT2D eigenvalue weighted by Crippen LogP contribution is -2.42. The number of nitrogens with two attached hydrogens (primary N) is 1. The highest BCUT2D eigenvalue weighted by molar-refractivity contribution is 7.89. The molecule has 2 rings (SSSR count). The minimum Gasteiger partial charge on any atom is -0.493 e. The SMILES string of the molecule is NS(=O)(=O)CC1(COc2ccc(F)c(Cl)c2)CCOCC1. The van der Waals surface area contributed by atoms with Gasteiger partial charge in [-0.15, -0.1) is 0 Å². The van der Waals surface area contributed by atoms with Gasteiger partial charge in [0.15, 0.2) is 0 Å². The minimum absolute atomic E-state index is 0.0417. The molecule has 1 heterocycles. The van der Waals surface area contributed by atoms with Crippen LogP contribution in [-0.2, 0) is 14.8 Å². The zero-order chi connectivity index (χ0) is 15.5. The second-order valence-corrected chi connectivity index (χ2v) is 7.31. The topological polar surface area (TPSA) is 78.6 Å². The second-order valence-electron chi connectivity index (χ2n) is 5.28. The normalized spacial score (nSPS) is 18.4. The summed E-state index contributed by atoms with van der Waals surface area (Å²) >= 11 is 5.69. The van der Waals surface area contributed by atoms with E-state index in [2.05, 4.69) is 0 Å². The standard InChI is InChI=1S/C13H17ClFNO4S/c14-11-7-10(1-2-12(11)15)20-8-13(9-21(16,17)18)3-5-19-6-4-13/h1-2,7H,3-6,8-9H2,(H2,16,17,18). The molecular formula is C13H17ClFNO4S. The van der Waals surface area contributed by atoms with Crippen molar-refractivity contribution in [1.82, 2.24) is 0 Å². The number of hydrogen-bond donors (Lipinski definition) is 1. The van der Waals surface area contributed by atoms with Crippen molar-refractivity contribution in [3.05, 3.63) is 29.0 Å². The molecule has 1 saturated heterocycles. The van der Waals surface area contributed by atoms with Gasteiger partial charge in [0.1, 0.15) is 11.6 Å². The molecular weight excluding hydrogens is 321 g/mol. The third kappa shape index (κ3) is 4.81. The molecule has 0 radical (unpaired) electrons. The van der Waals surface area contributed by atoms with Crippen molar-refractivity contribution in [2.24, 2.45) is 10.6 Å². The van der Waals surface area contributed by atoms with Gasteiger partial charge < -0.3 is 9.47 Å². The van der Waals surface area contributed by atoms with Crippen LogP contribution in [0.15, 0.2) is 18.2 Å². The lowest BCUT2D eigenvalue weighted by molar-refractivity contribution is 0.00209. The molecule has 21 heavy (non-hydrogen) atoms. The first-order chi connectivity index (χ1) is 9.80. The summed E-state index contributed by atoms with van der Waals surface area (Å²) in [5, 5.41) is 5.13. The first-order valence-electron chi connectivity index (χ1n) is 6.46. The molecule has 0 bridgehead atoms. The fraction of sp³-hybridized carbons (Fsp3) is 0.538. The highest BCUT2D eigenvalue weighted by Crippen LogP contribution is 2.33. The van der Waals surface area contributed by atoms with E-state index in [1.165, 1.54) is 18.2 Å². The highest BCUT2D eigenvalue weighted by Gasteiger charge is 2.37. The Morgan fingerprint density at radius 2 is 2.05 bits per heavy atom. The maximum absolute atomic E-state index is 13.1. The van der Waals surface area contributed by atoms with E-state index in [1.54, 1.807) is 0 Å². The predicted molar refractivity (Wildman–Crippen MR) is 77.4 cm³/mol. The number of ether oxygens (including phenoxy) is 2. The summed E-state index contributed by atoms with van der Waals surface area (Å²) in [7, 11) is -3.62. The maximum atomic E-state index is 13.1. The zero-order valence-corrected chi connectivity index (χ0v) is 12.9. The molecule has 118 valence electrons. The molecule has 0 amide bonds. The summed E-state index contributed by atoms with van der Waals surface area (Å²) in [4.78, 5) is 0. The lowest BCUT2D eigenvalue weighted by atomic mass is 9.83. The van der Waals surface area contributed by atoms with E-state index >= 15 is 0 Å². The fourth-order valence-electron chi connectivity index (χ4n) is 2.36. The van der Waals surface area contributed by atoms with Crippen LogP contribution in [0.3, 0.4) is 0 Å². The van der Waals surface area contributed by atoms with Gasteiger partial charge in [0.2, 0.25) is 10.0 Å². The van der Waals surface area contributed by atoms with Crippen LogP contribution in [-0.4, -0.2) is 34.0 Å². The molecule has 0 spiro atoms. The third-order valence-corrected chi connectivity index (χ3v) is 4.80. The van der Waals surface area contributed by atoms with Crippen LogP contribution in [0.1, 0.15) is 12.8 Å². The minimum atomic E-state index is -3.62. The number of rotatable bonds is 5. The van der Waals surface area contributed by atoms with E-state index in [9.17, 15) is 12.8 Å². The smallest absolute Gasteiger partial charge is 0.209 e. The summed E-state index contributed by atoms with van der Waals surface area (Å²) in [5.41, 5.74) is -0.591. The summed E-state index contributed by atoms with van der Waals surface area (Å²) in [6.45, 7) is 1.08. The van der Waals surface area contributed by atoms with E-state index in [0.29, 0.717) is 31.8 Å². The molecule has 0 aromatic heterocycles. The van der Waals surface area contributed by atoms with Crippen LogP contribution in [0.4, 0.5) is 4.39 Å². The van der Waals surface area contributed by atoms with Crippen molar-refractivity contribution in [2.45, 2.75) is 12.8 Å². The maximum Gasteiger partial charge on any atom is 0.209 e.